The number of rotatable bonds is 4. The number of hydrogen-bond donors (Lipinski definition) is 1. The zero-order valence-corrected chi connectivity index (χ0v) is 15.3. The fraction of sp³-hybridized carbons (Fsp3) is 0.471. The molecule has 2 heterocycles. The van der Waals surface area contributed by atoms with Gasteiger partial charge in [-0.05, 0) is 30.5 Å². The second kappa shape index (κ2) is 7.31. The van der Waals surface area contributed by atoms with Crippen LogP contribution in [0.1, 0.15) is 19.8 Å². The van der Waals surface area contributed by atoms with Crippen LogP contribution in [0.3, 0.4) is 0 Å². The molecule has 1 aromatic heterocycles. The summed E-state index contributed by atoms with van der Waals surface area (Å²) in [7, 11) is 3.17. The predicted molar refractivity (Wildman–Crippen MR) is 96.7 cm³/mol. The van der Waals surface area contributed by atoms with Crippen LogP contribution in [-0.2, 0) is 4.79 Å². The van der Waals surface area contributed by atoms with Crippen LogP contribution in [0.25, 0.3) is 10.9 Å². The van der Waals surface area contributed by atoms with Crippen LogP contribution in [0.2, 0.25) is 5.28 Å². The molecule has 1 unspecified atom stereocenters. The summed E-state index contributed by atoms with van der Waals surface area (Å²) in [5.41, 5.74) is 0.689. The lowest BCUT2D eigenvalue weighted by atomic mass is 10.0. The molecule has 2 aromatic rings. The van der Waals surface area contributed by atoms with Gasteiger partial charge in [0.2, 0.25) is 11.2 Å². The molecule has 1 saturated heterocycles. The van der Waals surface area contributed by atoms with Crippen LogP contribution in [0.15, 0.2) is 12.1 Å². The first-order chi connectivity index (χ1) is 12.0. The molecular weight excluding hydrogens is 344 g/mol. The fourth-order valence-electron chi connectivity index (χ4n) is 3.23. The van der Waals surface area contributed by atoms with Crippen molar-refractivity contribution in [2.24, 2.45) is 0 Å². The molecule has 1 amide bonds. The third-order valence-corrected chi connectivity index (χ3v) is 4.45. The highest BCUT2D eigenvalue weighted by Gasteiger charge is 2.24. The van der Waals surface area contributed by atoms with Gasteiger partial charge in [-0.2, -0.15) is 4.98 Å². The third kappa shape index (κ3) is 3.71. The molecule has 8 heteroatoms. The van der Waals surface area contributed by atoms with Crippen molar-refractivity contribution in [3.05, 3.63) is 17.4 Å². The quantitative estimate of drug-likeness (QED) is 0.839. The molecule has 0 aliphatic carbocycles. The summed E-state index contributed by atoms with van der Waals surface area (Å²) in [6.45, 7) is 3.05. The first-order valence-corrected chi connectivity index (χ1v) is 8.51. The number of carbonyl (C=O) groups is 1. The molecule has 0 bridgehead atoms. The number of benzene rings is 1. The van der Waals surface area contributed by atoms with Gasteiger partial charge in [-0.3, -0.25) is 4.79 Å². The van der Waals surface area contributed by atoms with E-state index in [2.05, 4.69) is 20.2 Å². The molecule has 134 valence electrons. The Hall–Kier alpha value is -2.28. The van der Waals surface area contributed by atoms with E-state index in [1.54, 1.807) is 20.3 Å². The van der Waals surface area contributed by atoms with Crippen molar-refractivity contribution in [3.8, 4) is 11.5 Å². The Morgan fingerprint density at radius 2 is 2.00 bits per heavy atom. The van der Waals surface area contributed by atoms with Crippen molar-refractivity contribution in [2.45, 2.75) is 25.8 Å². The largest absolute Gasteiger partial charge is 0.493 e. The lowest BCUT2D eigenvalue weighted by molar-refractivity contribution is -0.119. The van der Waals surface area contributed by atoms with Crippen molar-refractivity contribution in [1.82, 2.24) is 15.3 Å². The summed E-state index contributed by atoms with van der Waals surface area (Å²) in [6.07, 6.45) is 1.91. The number of halogens is 1. The molecule has 7 nitrogen and oxygen atoms in total. The maximum atomic E-state index is 11.4. The molecule has 0 radical (unpaired) electrons. The van der Waals surface area contributed by atoms with E-state index in [0.717, 1.165) is 30.6 Å². The molecule has 1 aliphatic heterocycles. The van der Waals surface area contributed by atoms with Crippen molar-refractivity contribution < 1.29 is 14.3 Å². The summed E-state index contributed by atoms with van der Waals surface area (Å²) in [5, 5.41) is 4.00. The second-order valence-corrected chi connectivity index (χ2v) is 6.36. The van der Waals surface area contributed by atoms with Gasteiger partial charge in [0, 0.05) is 37.5 Å². The van der Waals surface area contributed by atoms with E-state index in [-0.39, 0.29) is 17.2 Å². The number of nitrogens with zero attached hydrogens (tertiary/aromatic N) is 3. The van der Waals surface area contributed by atoms with Gasteiger partial charge in [0.1, 0.15) is 5.82 Å². The van der Waals surface area contributed by atoms with Crippen LogP contribution in [0.4, 0.5) is 5.82 Å². The molecule has 25 heavy (non-hydrogen) atoms. The van der Waals surface area contributed by atoms with Gasteiger partial charge in [-0.15, -0.1) is 0 Å². The number of nitrogens with one attached hydrogen (secondary N) is 1. The number of carbonyl (C=O) groups excluding carboxylic acids is 1. The molecule has 1 N–H and O–H groups in total. The highest BCUT2D eigenvalue weighted by molar-refractivity contribution is 6.28. The SMILES string of the molecule is COc1cc2nc(Cl)nc(N3CCCC(NC(C)=O)C3)c2cc1OC. The van der Waals surface area contributed by atoms with E-state index in [9.17, 15) is 4.79 Å². The van der Waals surface area contributed by atoms with Gasteiger partial charge in [0.25, 0.3) is 0 Å². The van der Waals surface area contributed by atoms with Crippen LogP contribution in [0, 0.1) is 0 Å². The number of anilines is 1. The van der Waals surface area contributed by atoms with Crippen molar-refractivity contribution in [3.63, 3.8) is 0 Å². The Bertz CT molecular complexity index is 799. The Labute approximate surface area is 151 Å². The molecule has 0 spiro atoms. The predicted octanol–water partition coefficient (Wildman–Crippen LogP) is 2.41. The van der Waals surface area contributed by atoms with Crippen molar-refractivity contribution in [1.29, 1.82) is 0 Å². The number of methoxy groups -OCH3 is 2. The number of amides is 1. The van der Waals surface area contributed by atoms with Gasteiger partial charge < -0.3 is 19.7 Å². The topological polar surface area (TPSA) is 76.6 Å². The Balaban J connectivity index is 2.04. The Morgan fingerprint density at radius 3 is 2.68 bits per heavy atom. The molecule has 0 saturated carbocycles. The highest BCUT2D eigenvalue weighted by atomic mass is 35.5. The van der Waals surface area contributed by atoms with Gasteiger partial charge >= 0.3 is 0 Å². The number of fused-ring (bicyclic) bond motifs is 1. The maximum absolute atomic E-state index is 11.4. The summed E-state index contributed by atoms with van der Waals surface area (Å²) >= 11 is 6.14. The fourth-order valence-corrected chi connectivity index (χ4v) is 3.40. The van der Waals surface area contributed by atoms with Gasteiger partial charge in [0.15, 0.2) is 11.5 Å². The van der Waals surface area contributed by atoms with Crippen LogP contribution in [-0.4, -0.2) is 49.2 Å². The summed E-state index contributed by atoms with van der Waals surface area (Å²) in [5.74, 6) is 1.91. The maximum Gasteiger partial charge on any atom is 0.224 e. The van der Waals surface area contributed by atoms with Gasteiger partial charge in [0.05, 0.1) is 19.7 Å². The first-order valence-electron chi connectivity index (χ1n) is 8.13. The molecular formula is C17H21ClN4O3. The lowest BCUT2D eigenvalue weighted by Gasteiger charge is -2.34. The number of piperidine rings is 1. The van der Waals surface area contributed by atoms with Crippen LogP contribution in [0.5, 0.6) is 11.5 Å². The van der Waals surface area contributed by atoms with E-state index >= 15 is 0 Å². The van der Waals surface area contributed by atoms with E-state index < -0.39 is 0 Å². The van der Waals surface area contributed by atoms with Crippen LogP contribution >= 0.6 is 11.6 Å². The number of ether oxygens (including phenoxy) is 2. The number of hydrogen-bond acceptors (Lipinski definition) is 6. The summed E-state index contributed by atoms with van der Waals surface area (Å²) in [6, 6.07) is 3.75. The van der Waals surface area contributed by atoms with E-state index in [1.807, 2.05) is 6.07 Å². The van der Waals surface area contributed by atoms with Crippen molar-refractivity contribution in [2.75, 3.05) is 32.2 Å². The third-order valence-electron chi connectivity index (χ3n) is 4.28. The normalized spacial score (nSPS) is 17.4. The molecule has 3 rings (SSSR count). The standard InChI is InChI=1S/C17H21ClN4O3/c1-10(23)19-11-5-4-6-22(9-11)16-12-7-14(24-2)15(25-3)8-13(12)20-17(18)21-16/h7-8,11H,4-6,9H2,1-3H3,(H,19,23). The monoisotopic (exact) mass is 364 g/mol. The summed E-state index contributed by atoms with van der Waals surface area (Å²) < 4.78 is 10.7. The minimum Gasteiger partial charge on any atom is -0.493 e. The average molecular weight is 365 g/mol. The highest BCUT2D eigenvalue weighted by Crippen LogP contribution is 2.36. The Morgan fingerprint density at radius 1 is 1.28 bits per heavy atom. The van der Waals surface area contributed by atoms with E-state index in [0.29, 0.717) is 23.6 Å². The van der Waals surface area contributed by atoms with E-state index in [4.69, 9.17) is 21.1 Å². The lowest BCUT2D eigenvalue weighted by Crippen LogP contribution is -2.47. The van der Waals surface area contributed by atoms with E-state index in [1.165, 1.54) is 6.92 Å². The van der Waals surface area contributed by atoms with Gasteiger partial charge in [-0.25, -0.2) is 4.98 Å². The minimum atomic E-state index is -0.0242. The zero-order valence-electron chi connectivity index (χ0n) is 14.5. The molecule has 1 atom stereocenters. The smallest absolute Gasteiger partial charge is 0.224 e. The van der Waals surface area contributed by atoms with Crippen molar-refractivity contribution >= 4 is 34.2 Å². The minimum absolute atomic E-state index is 0.0242. The molecule has 1 fully saturated rings. The van der Waals surface area contributed by atoms with Crippen LogP contribution < -0.4 is 19.7 Å². The van der Waals surface area contributed by atoms with Gasteiger partial charge in [-0.1, -0.05) is 0 Å². The Kier molecular flexibility index (Phi) is 5.13. The average Bonchev–Trinajstić information content (AvgIpc) is 2.59. The second-order valence-electron chi connectivity index (χ2n) is 6.03. The molecule has 1 aliphatic rings. The zero-order chi connectivity index (χ0) is 18.0. The molecule has 1 aromatic carbocycles. The first kappa shape index (κ1) is 17.5. The summed E-state index contributed by atoms with van der Waals surface area (Å²) in [4.78, 5) is 22.2. The number of aromatic nitrogens is 2.